The molecule has 0 saturated heterocycles. The van der Waals surface area contributed by atoms with Gasteiger partial charge in [-0.15, -0.1) is 0 Å². The van der Waals surface area contributed by atoms with Crippen molar-refractivity contribution in [1.82, 2.24) is 34.2 Å². The van der Waals surface area contributed by atoms with Crippen LogP contribution in [-0.2, 0) is 18.8 Å². The van der Waals surface area contributed by atoms with Gasteiger partial charge in [-0.05, 0) is 37.5 Å². The van der Waals surface area contributed by atoms with Gasteiger partial charge in [0.1, 0.15) is 11.4 Å². The number of carbonyl (C=O) groups excluding carboxylic acids is 1. The summed E-state index contributed by atoms with van der Waals surface area (Å²) < 4.78 is 15.7. The Morgan fingerprint density at radius 2 is 1.92 bits per heavy atom. The van der Waals surface area contributed by atoms with Crippen molar-refractivity contribution in [2.45, 2.75) is 31.8 Å². The quantitative estimate of drug-likeness (QED) is 0.355. The summed E-state index contributed by atoms with van der Waals surface area (Å²) >= 11 is 0. The van der Waals surface area contributed by atoms with E-state index in [2.05, 4.69) is 15.4 Å². The van der Waals surface area contributed by atoms with Gasteiger partial charge in [0.05, 0.1) is 48.2 Å². The maximum Gasteiger partial charge on any atom is 0.407 e. The largest absolute Gasteiger partial charge is 0.497 e. The topological polar surface area (TPSA) is 121 Å². The fraction of sp³-hybridized carbons (Fsp3) is 0.333. The number of carbonyl (C=O) groups is 1. The van der Waals surface area contributed by atoms with E-state index < -0.39 is 6.09 Å². The first-order valence-electron chi connectivity index (χ1n) is 12.6. The van der Waals surface area contributed by atoms with E-state index in [4.69, 9.17) is 14.5 Å². The molecule has 1 amide bonds. The number of methoxy groups -OCH3 is 1. The van der Waals surface area contributed by atoms with E-state index in [1.165, 1.54) is 0 Å². The van der Waals surface area contributed by atoms with Crippen LogP contribution in [0.1, 0.15) is 25.8 Å². The van der Waals surface area contributed by atoms with Gasteiger partial charge >= 0.3 is 11.8 Å². The molecule has 0 radical (unpaired) electrons. The molecule has 1 aromatic carbocycles. The number of benzene rings is 1. The standard InChI is InChI=1S/C27H29N7O4/c1-5-38-26(35)30-17-10-18(11-17)34-24-20(33(3)27(34)36)13-28-25-22(24)21(15-6-8-19(37-4)9-7-15)23(31-25)16-12-29-32(2)14-16/h6-9,12-14,17-18H,5,10-11H2,1-4H3,(H,28,31)(H,30,35)/t17-,18+. The molecule has 5 aromatic rings. The molecule has 6 rings (SSSR count). The highest BCUT2D eigenvalue weighted by Crippen LogP contribution is 2.43. The lowest BCUT2D eigenvalue weighted by Gasteiger charge is -2.36. The number of amides is 1. The summed E-state index contributed by atoms with van der Waals surface area (Å²) in [4.78, 5) is 33.7. The smallest absolute Gasteiger partial charge is 0.407 e. The third-order valence-corrected chi connectivity index (χ3v) is 7.32. The Hall–Kier alpha value is -4.54. The summed E-state index contributed by atoms with van der Waals surface area (Å²) in [6, 6.07) is 7.75. The van der Waals surface area contributed by atoms with Gasteiger partial charge in [-0.3, -0.25) is 13.8 Å². The third-order valence-electron chi connectivity index (χ3n) is 7.32. The van der Waals surface area contributed by atoms with Crippen molar-refractivity contribution in [3.63, 3.8) is 0 Å². The van der Waals surface area contributed by atoms with Crippen LogP contribution < -0.4 is 15.7 Å². The summed E-state index contributed by atoms with van der Waals surface area (Å²) in [6.45, 7) is 2.09. The maximum absolute atomic E-state index is 13.6. The number of imidazole rings is 1. The first-order valence-corrected chi connectivity index (χ1v) is 12.6. The number of nitrogens with zero attached hydrogens (tertiary/aromatic N) is 5. The predicted molar refractivity (Wildman–Crippen MR) is 143 cm³/mol. The number of nitrogens with one attached hydrogen (secondary N) is 2. The highest BCUT2D eigenvalue weighted by Gasteiger charge is 2.35. The lowest BCUT2D eigenvalue weighted by atomic mass is 9.86. The molecule has 0 atom stereocenters. The highest BCUT2D eigenvalue weighted by atomic mass is 16.5. The minimum Gasteiger partial charge on any atom is -0.497 e. The van der Waals surface area contributed by atoms with Crippen LogP contribution in [0.2, 0.25) is 0 Å². The fourth-order valence-electron chi connectivity index (χ4n) is 5.39. The second-order valence-corrected chi connectivity index (χ2v) is 9.62. The summed E-state index contributed by atoms with van der Waals surface area (Å²) in [6.07, 6.45) is 6.35. The first-order chi connectivity index (χ1) is 18.4. The number of alkyl carbamates (subject to hydrolysis) is 1. The number of aromatic amines is 1. The van der Waals surface area contributed by atoms with E-state index in [1.807, 2.05) is 48.3 Å². The van der Waals surface area contributed by atoms with E-state index in [1.54, 1.807) is 36.5 Å². The van der Waals surface area contributed by atoms with Gasteiger partial charge < -0.3 is 19.8 Å². The summed E-state index contributed by atoms with van der Waals surface area (Å²) in [5, 5.41) is 8.12. The number of ether oxygens (including phenoxy) is 2. The lowest BCUT2D eigenvalue weighted by molar-refractivity contribution is 0.133. The molecule has 1 aliphatic carbocycles. The van der Waals surface area contributed by atoms with Crippen LogP contribution in [0.5, 0.6) is 5.75 Å². The first kappa shape index (κ1) is 23.8. The van der Waals surface area contributed by atoms with Crippen molar-refractivity contribution in [2.24, 2.45) is 14.1 Å². The molecule has 196 valence electrons. The van der Waals surface area contributed by atoms with Crippen molar-refractivity contribution < 1.29 is 14.3 Å². The van der Waals surface area contributed by atoms with Crippen molar-refractivity contribution in [1.29, 1.82) is 0 Å². The zero-order valence-electron chi connectivity index (χ0n) is 21.7. The van der Waals surface area contributed by atoms with Gasteiger partial charge in [0.2, 0.25) is 0 Å². The number of H-pyrrole nitrogens is 1. The van der Waals surface area contributed by atoms with Gasteiger partial charge in [-0.25, -0.2) is 14.6 Å². The molecule has 1 saturated carbocycles. The van der Waals surface area contributed by atoms with Crippen LogP contribution in [0.25, 0.3) is 44.5 Å². The summed E-state index contributed by atoms with van der Waals surface area (Å²) in [5.41, 5.74) is 5.82. The Morgan fingerprint density at radius 3 is 2.58 bits per heavy atom. The predicted octanol–water partition coefficient (Wildman–Crippen LogP) is 3.74. The maximum atomic E-state index is 13.6. The Balaban J connectivity index is 1.56. The van der Waals surface area contributed by atoms with Crippen LogP contribution in [0, 0.1) is 0 Å². The van der Waals surface area contributed by atoms with Gasteiger partial charge in [-0.1, -0.05) is 12.1 Å². The van der Waals surface area contributed by atoms with E-state index in [0.717, 1.165) is 44.6 Å². The minimum absolute atomic E-state index is 0.0447. The zero-order valence-corrected chi connectivity index (χ0v) is 21.7. The van der Waals surface area contributed by atoms with Gasteiger partial charge in [0, 0.05) is 43.5 Å². The molecule has 1 fully saturated rings. The fourth-order valence-corrected chi connectivity index (χ4v) is 5.39. The van der Waals surface area contributed by atoms with Crippen LogP contribution >= 0.6 is 0 Å². The van der Waals surface area contributed by atoms with Crippen molar-refractivity contribution >= 4 is 28.2 Å². The average Bonchev–Trinajstić information content (AvgIpc) is 3.56. The molecule has 1 aliphatic rings. The van der Waals surface area contributed by atoms with Crippen LogP contribution in [0.4, 0.5) is 4.79 Å². The number of fused-ring (bicyclic) bond motifs is 3. The van der Waals surface area contributed by atoms with Crippen molar-refractivity contribution in [3.05, 3.63) is 53.3 Å². The Labute approximate surface area is 218 Å². The molecular weight excluding hydrogens is 486 g/mol. The van der Waals surface area contributed by atoms with Crippen LogP contribution in [-0.4, -0.2) is 54.7 Å². The van der Waals surface area contributed by atoms with Crippen molar-refractivity contribution in [3.8, 4) is 28.1 Å². The van der Waals surface area contributed by atoms with Gasteiger partial charge in [0.25, 0.3) is 0 Å². The van der Waals surface area contributed by atoms with E-state index in [0.29, 0.717) is 25.1 Å². The Bertz CT molecular complexity index is 1720. The van der Waals surface area contributed by atoms with E-state index in [9.17, 15) is 9.59 Å². The summed E-state index contributed by atoms with van der Waals surface area (Å²) in [5.74, 6) is 0.756. The third kappa shape index (κ3) is 3.73. The minimum atomic E-state index is -0.429. The number of rotatable bonds is 6. The normalized spacial score (nSPS) is 17.1. The lowest BCUT2D eigenvalue weighted by Crippen LogP contribution is -2.47. The SMILES string of the molecule is CCOC(=O)N[C@H]1C[C@@H](n2c(=O)n(C)c3cnc4[nH]c(-c5cnn(C)c5)c(-c5ccc(OC)cc5)c4c32)C1. The molecule has 38 heavy (non-hydrogen) atoms. The van der Waals surface area contributed by atoms with Crippen LogP contribution in [0.15, 0.2) is 47.7 Å². The number of pyridine rings is 1. The molecular formula is C27H29N7O4. The molecule has 11 nitrogen and oxygen atoms in total. The second-order valence-electron chi connectivity index (χ2n) is 9.62. The molecule has 0 spiro atoms. The average molecular weight is 516 g/mol. The van der Waals surface area contributed by atoms with Crippen molar-refractivity contribution in [2.75, 3.05) is 13.7 Å². The van der Waals surface area contributed by atoms with E-state index >= 15 is 0 Å². The molecule has 11 heteroatoms. The number of hydrogen-bond donors (Lipinski definition) is 2. The highest BCUT2D eigenvalue weighted by molar-refractivity contribution is 6.14. The number of hydrogen-bond acceptors (Lipinski definition) is 6. The molecule has 4 aromatic heterocycles. The molecule has 4 heterocycles. The molecule has 0 aliphatic heterocycles. The number of aromatic nitrogens is 6. The molecule has 2 N–H and O–H groups in total. The zero-order chi connectivity index (χ0) is 26.6. The second kappa shape index (κ2) is 9.09. The molecule has 0 unspecified atom stereocenters. The monoisotopic (exact) mass is 515 g/mol. The van der Waals surface area contributed by atoms with E-state index in [-0.39, 0.29) is 17.8 Å². The molecule has 0 bridgehead atoms. The Kier molecular flexibility index (Phi) is 5.70. The summed E-state index contributed by atoms with van der Waals surface area (Å²) in [7, 11) is 5.28. The Morgan fingerprint density at radius 1 is 1.16 bits per heavy atom. The van der Waals surface area contributed by atoms with Crippen LogP contribution in [0.3, 0.4) is 0 Å². The van der Waals surface area contributed by atoms with Gasteiger partial charge in [0.15, 0.2) is 0 Å². The number of aryl methyl sites for hydroxylation is 2. The van der Waals surface area contributed by atoms with Gasteiger partial charge in [-0.2, -0.15) is 5.10 Å².